The van der Waals surface area contributed by atoms with Gasteiger partial charge in [-0.3, -0.25) is 0 Å². The number of hydrogen-bond donors (Lipinski definition) is 2. The molecular formula is C12H13N3O3. The van der Waals surface area contributed by atoms with Crippen LogP contribution in [0.4, 0.5) is 5.82 Å². The van der Waals surface area contributed by atoms with Crippen LogP contribution in [0.15, 0.2) is 28.8 Å². The maximum absolute atomic E-state index is 10.8. The molecule has 2 aromatic rings. The van der Waals surface area contributed by atoms with Gasteiger partial charge in [-0.25, -0.2) is 14.8 Å². The molecule has 6 nitrogen and oxygen atoms in total. The van der Waals surface area contributed by atoms with E-state index >= 15 is 0 Å². The third kappa shape index (κ3) is 2.85. The molecule has 2 rings (SSSR count). The number of aromatic carboxylic acids is 1. The van der Waals surface area contributed by atoms with Crippen LogP contribution in [0.2, 0.25) is 0 Å². The van der Waals surface area contributed by atoms with Crippen molar-refractivity contribution in [3.8, 4) is 0 Å². The summed E-state index contributed by atoms with van der Waals surface area (Å²) < 4.78 is 5.41. The molecule has 0 saturated heterocycles. The van der Waals surface area contributed by atoms with Crippen molar-refractivity contribution in [3.63, 3.8) is 0 Å². The Labute approximate surface area is 104 Å². The predicted molar refractivity (Wildman–Crippen MR) is 64.4 cm³/mol. The van der Waals surface area contributed by atoms with E-state index in [-0.39, 0.29) is 5.69 Å². The lowest BCUT2D eigenvalue weighted by Crippen LogP contribution is -2.05. The predicted octanol–water partition coefficient (Wildman–Crippen LogP) is 1.94. The molecule has 0 atom stereocenters. The monoisotopic (exact) mass is 247 g/mol. The number of carboxylic acids is 1. The maximum atomic E-state index is 10.8. The molecular weight excluding hydrogens is 234 g/mol. The van der Waals surface area contributed by atoms with Gasteiger partial charge in [0, 0.05) is 6.42 Å². The average molecular weight is 247 g/mol. The number of oxazole rings is 1. The molecule has 0 fully saturated rings. The van der Waals surface area contributed by atoms with E-state index in [0.29, 0.717) is 24.0 Å². The van der Waals surface area contributed by atoms with E-state index in [9.17, 15) is 4.79 Å². The van der Waals surface area contributed by atoms with Gasteiger partial charge in [-0.15, -0.1) is 0 Å². The largest absolute Gasteiger partial charge is 0.477 e. The highest BCUT2D eigenvalue weighted by molar-refractivity contribution is 5.85. The van der Waals surface area contributed by atoms with Crippen LogP contribution in [0.1, 0.15) is 29.1 Å². The highest BCUT2D eigenvalue weighted by atomic mass is 16.4. The smallest absolute Gasteiger partial charge is 0.354 e. The van der Waals surface area contributed by atoms with Crippen LogP contribution < -0.4 is 5.32 Å². The number of carboxylic acid groups (broad SMARTS) is 1. The van der Waals surface area contributed by atoms with E-state index in [1.807, 2.05) is 6.92 Å². The summed E-state index contributed by atoms with van der Waals surface area (Å²) in [6.07, 6.45) is 2.39. The quantitative estimate of drug-likeness (QED) is 0.839. The Morgan fingerprint density at radius 3 is 3.00 bits per heavy atom. The molecule has 0 aliphatic heterocycles. The lowest BCUT2D eigenvalue weighted by Gasteiger charge is -2.03. The topological polar surface area (TPSA) is 88.2 Å². The first-order valence-corrected chi connectivity index (χ1v) is 5.57. The standard InChI is InChI=1S/C12H13N3O3/c1-2-11-14-7-8(18-11)6-13-10-5-3-4-9(15-10)12(16)17/h3-5,7H,2,6H2,1H3,(H,13,15)(H,16,17). The Hall–Kier alpha value is -2.37. The number of rotatable bonds is 5. The normalized spacial score (nSPS) is 10.3. The van der Waals surface area contributed by atoms with Crippen molar-refractivity contribution in [3.05, 3.63) is 41.7 Å². The molecule has 0 radical (unpaired) electrons. The lowest BCUT2D eigenvalue weighted by atomic mass is 10.3. The zero-order valence-electron chi connectivity index (χ0n) is 9.88. The van der Waals surface area contributed by atoms with Crippen LogP contribution in [0.5, 0.6) is 0 Å². The Kier molecular flexibility index (Phi) is 3.57. The van der Waals surface area contributed by atoms with Crippen LogP contribution in [-0.2, 0) is 13.0 Å². The molecule has 2 N–H and O–H groups in total. The number of nitrogens with one attached hydrogen (secondary N) is 1. The van der Waals surface area contributed by atoms with Crippen molar-refractivity contribution < 1.29 is 14.3 Å². The number of aryl methyl sites for hydroxylation is 1. The minimum atomic E-state index is -1.05. The molecule has 0 amide bonds. The number of hydrogen-bond acceptors (Lipinski definition) is 5. The Bertz CT molecular complexity index is 551. The van der Waals surface area contributed by atoms with Crippen LogP contribution in [0.25, 0.3) is 0 Å². The molecule has 6 heteroatoms. The summed E-state index contributed by atoms with van der Waals surface area (Å²) in [6.45, 7) is 2.38. The van der Waals surface area contributed by atoms with E-state index in [4.69, 9.17) is 9.52 Å². The third-order valence-corrected chi connectivity index (χ3v) is 2.32. The first kappa shape index (κ1) is 12.1. The fourth-order valence-electron chi connectivity index (χ4n) is 1.42. The minimum Gasteiger partial charge on any atom is -0.477 e. The van der Waals surface area contributed by atoms with Crippen molar-refractivity contribution in [2.75, 3.05) is 5.32 Å². The van der Waals surface area contributed by atoms with Gasteiger partial charge in [-0.1, -0.05) is 13.0 Å². The third-order valence-electron chi connectivity index (χ3n) is 2.32. The highest BCUT2D eigenvalue weighted by Gasteiger charge is 2.06. The van der Waals surface area contributed by atoms with E-state index < -0.39 is 5.97 Å². The number of carbonyl (C=O) groups is 1. The molecule has 0 spiro atoms. The number of anilines is 1. The summed E-state index contributed by atoms with van der Waals surface area (Å²) in [5.41, 5.74) is 0.00631. The van der Waals surface area contributed by atoms with Gasteiger partial charge < -0.3 is 14.8 Å². The second-order valence-corrected chi connectivity index (χ2v) is 3.64. The molecule has 2 aromatic heterocycles. The molecule has 0 unspecified atom stereocenters. The number of pyridine rings is 1. The molecule has 2 heterocycles. The Morgan fingerprint density at radius 1 is 1.50 bits per heavy atom. The fourth-order valence-corrected chi connectivity index (χ4v) is 1.42. The van der Waals surface area contributed by atoms with Gasteiger partial charge in [-0.05, 0) is 12.1 Å². The van der Waals surface area contributed by atoms with E-state index in [2.05, 4.69) is 15.3 Å². The lowest BCUT2D eigenvalue weighted by molar-refractivity contribution is 0.0690. The van der Waals surface area contributed by atoms with Gasteiger partial charge >= 0.3 is 5.97 Å². The Morgan fingerprint density at radius 2 is 2.33 bits per heavy atom. The summed E-state index contributed by atoms with van der Waals surface area (Å²) in [7, 11) is 0. The summed E-state index contributed by atoms with van der Waals surface area (Å²) >= 11 is 0. The second-order valence-electron chi connectivity index (χ2n) is 3.64. The van der Waals surface area contributed by atoms with Crippen molar-refractivity contribution in [1.29, 1.82) is 0 Å². The highest BCUT2D eigenvalue weighted by Crippen LogP contribution is 2.09. The van der Waals surface area contributed by atoms with Gasteiger partial charge in [0.25, 0.3) is 0 Å². The van der Waals surface area contributed by atoms with Crippen molar-refractivity contribution in [2.24, 2.45) is 0 Å². The SMILES string of the molecule is CCc1ncc(CNc2cccc(C(=O)O)n2)o1. The molecule has 18 heavy (non-hydrogen) atoms. The second kappa shape index (κ2) is 5.31. The maximum Gasteiger partial charge on any atom is 0.354 e. The van der Waals surface area contributed by atoms with Gasteiger partial charge in [0.2, 0.25) is 0 Å². The zero-order chi connectivity index (χ0) is 13.0. The van der Waals surface area contributed by atoms with Crippen LogP contribution in [0, 0.1) is 0 Å². The van der Waals surface area contributed by atoms with Crippen molar-refractivity contribution in [2.45, 2.75) is 19.9 Å². The van der Waals surface area contributed by atoms with Gasteiger partial charge in [0.05, 0.1) is 12.7 Å². The first-order chi connectivity index (χ1) is 8.69. The van der Waals surface area contributed by atoms with Crippen molar-refractivity contribution >= 4 is 11.8 Å². The van der Waals surface area contributed by atoms with Crippen LogP contribution >= 0.6 is 0 Å². The average Bonchev–Trinajstić information content (AvgIpc) is 2.84. The summed E-state index contributed by atoms with van der Waals surface area (Å²) in [5, 5.41) is 11.8. The summed E-state index contributed by atoms with van der Waals surface area (Å²) in [6, 6.07) is 4.78. The van der Waals surface area contributed by atoms with Gasteiger partial charge in [-0.2, -0.15) is 0 Å². The number of aromatic nitrogens is 2. The molecule has 0 aliphatic carbocycles. The van der Waals surface area contributed by atoms with E-state index in [1.54, 1.807) is 18.3 Å². The van der Waals surface area contributed by atoms with E-state index in [1.165, 1.54) is 6.07 Å². The minimum absolute atomic E-state index is 0.00631. The first-order valence-electron chi connectivity index (χ1n) is 5.57. The molecule has 0 saturated carbocycles. The van der Waals surface area contributed by atoms with Crippen molar-refractivity contribution in [1.82, 2.24) is 9.97 Å². The van der Waals surface area contributed by atoms with Gasteiger partial charge in [0.15, 0.2) is 11.6 Å². The molecule has 0 aliphatic rings. The van der Waals surface area contributed by atoms with E-state index in [0.717, 1.165) is 6.42 Å². The van der Waals surface area contributed by atoms with Gasteiger partial charge in [0.1, 0.15) is 11.6 Å². The van der Waals surface area contributed by atoms with Crippen LogP contribution in [-0.4, -0.2) is 21.0 Å². The summed E-state index contributed by atoms with van der Waals surface area (Å²) in [5.74, 6) is 0.810. The summed E-state index contributed by atoms with van der Waals surface area (Å²) in [4.78, 5) is 18.8. The molecule has 0 aromatic carbocycles. The fraction of sp³-hybridized carbons (Fsp3) is 0.250. The molecule has 0 bridgehead atoms. The Balaban J connectivity index is 2.01. The molecule has 94 valence electrons. The number of nitrogens with zero attached hydrogens (tertiary/aromatic N) is 2. The zero-order valence-corrected chi connectivity index (χ0v) is 9.88. The van der Waals surface area contributed by atoms with Crippen LogP contribution in [0.3, 0.4) is 0 Å².